The van der Waals surface area contributed by atoms with E-state index in [0.29, 0.717) is 10.7 Å². The fourth-order valence-corrected chi connectivity index (χ4v) is 4.68. The van der Waals surface area contributed by atoms with Crippen molar-refractivity contribution in [1.29, 1.82) is 0 Å². The van der Waals surface area contributed by atoms with Crippen molar-refractivity contribution in [3.05, 3.63) is 64.2 Å². The van der Waals surface area contributed by atoms with E-state index in [1.165, 1.54) is 5.56 Å². The smallest absolute Gasteiger partial charge is 0.244 e. The van der Waals surface area contributed by atoms with Crippen LogP contribution in [0, 0.1) is 6.92 Å². The molecule has 1 amide bonds. The molecule has 0 aliphatic heterocycles. The van der Waals surface area contributed by atoms with Crippen LogP contribution in [0.25, 0.3) is 0 Å². The van der Waals surface area contributed by atoms with Gasteiger partial charge in [-0.2, -0.15) is 0 Å². The average molecular weight is 451 g/mol. The van der Waals surface area contributed by atoms with E-state index in [9.17, 15) is 13.2 Å². The number of sulfonamides is 1. The Kier molecular flexibility index (Phi) is 7.25. The quantitative estimate of drug-likeness (QED) is 0.675. The Balaban J connectivity index is 2.26. The van der Waals surface area contributed by atoms with E-state index in [4.69, 9.17) is 11.6 Å². The lowest BCUT2D eigenvalue weighted by Gasteiger charge is -2.30. The summed E-state index contributed by atoms with van der Waals surface area (Å²) in [6.07, 6.45) is 1.09. The lowest BCUT2D eigenvalue weighted by atomic mass is 9.86. The van der Waals surface area contributed by atoms with Gasteiger partial charge in [0.2, 0.25) is 15.9 Å². The number of rotatable bonds is 6. The second-order valence-corrected chi connectivity index (χ2v) is 11.1. The highest BCUT2D eigenvalue weighted by Gasteiger charge is 2.31. The van der Waals surface area contributed by atoms with Crippen LogP contribution in [0.5, 0.6) is 0 Å². The number of carbonyl (C=O) groups is 1. The van der Waals surface area contributed by atoms with Crippen LogP contribution in [0.3, 0.4) is 0 Å². The Hall–Kier alpha value is -2.05. The molecule has 2 aromatic carbocycles. The maximum atomic E-state index is 13.0. The van der Waals surface area contributed by atoms with E-state index in [0.717, 1.165) is 21.7 Å². The topological polar surface area (TPSA) is 66.5 Å². The Labute approximate surface area is 185 Å². The summed E-state index contributed by atoms with van der Waals surface area (Å²) in [6, 6.07) is 11.9. The first kappa shape index (κ1) is 24.2. The molecule has 0 aromatic heterocycles. The van der Waals surface area contributed by atoms with E-state index in [1.807, 2.05) is 19.1 Å². The van der Waals surface area contributed by atoms with E-state index in [-0.39, 0.29) is 17.4 Å². The summed E-state index contributed by atoms with van der Waals surface area (Å²) in [7, 11) is -3.71. The minimum Gasteiger partial charge on any atom is -0.348 e. The molecule has 0 saturated heterocycles. The number of benzene rings is 2. The van der Waals surface area contributed by atoms with Gasteiger partial charge in [0.25, 0.3) is 0 Å². The summed E-state index contributed by atoms with van der Waals surface area (Å²) in [4.78, 5) is 13.0. The molecule has 0 radical (unpaired) electrons. The second kappa shape index (κ2) is 8.98. The zero-order chi connectivity index (χ0) is 22.9. The van der Waals surface area contributed by atoms with Gasteiger partial charge >= 0.3 is 0 Å². The summed E-state index contributed by atoms with van der Waals surface area (Å²) in [5, 5.41) is 3.34. The Bertz CT molecular complexity index is 1010. The van der Waals surface area contributed by atoms with Gasteiger partial charge in [0, 0.05) is 5.02 Å². The number of hydrogen-bond acceptors (Lipinski definition) is 3. The minimum atomic E-state index is -3.71. The van der Waals surface area contributed by atoms with Gasteiger partial charge in [0.05, 0.1) is 18.0 Å². The summed E-state index contributed by atoms with van der Waals surface area (Å²) in [5.74, 6) is -0.382. The van der Waals surface area contributed by atoms with Gasteiger partial charge in [0.1, 0.15) is 6.04 Å². The number of nitrogens with one attached hydrogen (secondary N) is 1. The van der Waals surface area contributed by atoms with Crippen LogP contribution in [0.15, 0.2) is 42.5 Å². The molecular formula is C23H31ClN2O3S. The third-order valence-electron chi connectivity index (χ3n) is 5.13. The number of aryl methyl sites for hydroxylation is 1. The molecule has 0 fully saturated rings. The molecule has 2 atom stereocenters. The predicted octanol–water partition coefficient (Wildman–Crippen LogP) is 4.98. The van der Waals surface area contributed by atoms with Crippen molar-refractivity contribution in [2.75, 3.05) is 10.6 Å². The Morgan fingerprint density at radius 1 is 1.07 bits per heavy atom. The van der Waals surface area contributed by atoms with Crippen LogP contribution >= 0.6 is 11.6 Å². The van der Waals surface area contributed by atoms with E-state index < -0.39 is 16.1 Å². The molecule has 2 rings (SSSR count). The molecule has 5 nitrogen and oxygen atoms in total. The van der Waals surface area contributed by atoms with Crippen molar-refractivity contribution in [2.24, 2.45) is 0 Å². The second-order valence-electron chi connectivity index (χ2n) is 8.77. The molecule has 7 heteroatoms. The van der Waals surface area contributed by atoms with Gasteiger partial charge in [-0.1, -0.05) is 62.7 Å². The summed E-state index contributed by atoms with van der Waals surface area (Å²) < 4.78 is 26.2. The van der Waals surface area contributed by atoms with Crippen LogP contribution in [-0.2, 0) is 20.2 Å². The van der Waals surface area contributed by atoms with Gasteiger partial charge in [-0.15, -0.1) is 0 Å². The zero-order valence-corrected chi connectivity index (χ0v) is 20.2. The number of amides is 1. The molecule has 0 bridgehead atoms. The van der Waals surface area contributed by atoms with Crippen molar-refractivity contribution in [3.8, 4) is 0 Å². The lowest BCUT2D eigenvalue weighted by molar-refractivity contribution is -0.122. The minimum absolute atomic E-state index is 0.0460. The SMILES string of the molecule is Cc1ccc(Cl)cc1N([C@@H](C)C(=O)N[C@H](C)c1ccc(C(C)(C)C)cc1)S(C)(=O)=O. The van der Waals surface area contributed by atoms with Crippen LogP contribution in [-0.4, -0.2) is 26.6 Å². The first-order valence-electron chi connectivity index (χ1n) is 9.88. The number of hydrogen-bond donors (Lipinski definition) is 1. The number of nitrogens with zero attached hydrogens (tertiary/aromatic N) is 1. The standard InChI is InChI=1S/C23H31ClN2O3S/c1-15-8-13-20(24)14-21(15)26(30(7,28)29)17(3)22(27)25-16(2)18-9-11-19(12-10-18)23(4,5)6/h8-14,16-17H,1-7H3,(H,25,27)/t16-,17+/m1/s1. The van der Waals surface area contributed by atoms with Gasteiger partial charge in [-0.3, -0.25) is 9.10 Å². The van der Waals surface area contributed by atoms with E-state index in [2.05, 4.69) is 38.2 Å². The highest BCUT2D eigenvalue weighted by molar-refractivity contribution is 7.92. The molecule has 0 aliphatic carbocycles. The maximum Gasteiger partial charge on any atom is 0.244 e. The van der Waals surface area contributed by atoms with Crippen molar-refractivity contribution in [2.45, 2.75) is 59.0 Å². The van der Waals surface area contributed by atoms with Crippen molar-refractivity contribution in [1.82, 2.24) is 5.32 Å². The molecule has 0 spiro atoms. The highest BCUT2D eigenvalue weighted by atomic mass is 35.5. The van der Waals surface area contributed by atoms with Crippen LogP contribution in [0.1, 0.15) is 57.4 Å². The molecule has 0 unspecified atom stereocenters. The number of anilines is 1. The summed E-state index contributed by atoms with van der Waals surface area (Å²) >= 11 is 6.08. The lowest BCUT2D eigenvalue weighted by Crippen LogP contribution is -2.48. The Morgan fingerprint density at radius 3 is 2.13 bits per heavy atom. The molecule has 30 heavy (non-hydrogen) atoms. The van der Waals surface area contributed by atoms with Gasteiger partial charge in [0.15, 0.2) is 0 Å². The fraction of sp³-hybridized carbons (Fsp3) is 0.435. The van der Waals surface area contributed by atoms with E-state index >= 15 is 0 Å². The molecular weight excluding hydrogens is 420 g/mol. The van der Waals surface area contributed by atoms with Crippen LogP contribution < -0.4 is 9.62 Å². The third-order valence-corrected chi connectivity index (χ3v) is 6.60. The molecule has 1 N–H and O–H groups in total. The van der Waals surface area contributed by atoms with Crippen molar-refractivity contribution >= 4 is 33.2 Å². The van der Waals surface area contributed by atoms with Crippen LogP contribution in [0.4, 0.5) is 5.69 Å². The highest BCUT2D eigenvalue weighted by Crippen LogP contribution is 2.29. The number of halogens is 1. The molecule has 0 heterocycles. The van der Waals surface area contributed by atoms with Gasteiger partial charge in [-0.25, -0.2) is 8.42 Å². The summed E-state index contributed by atoms with van der Waals surface area (Å²) in [5.41, 5.74) is 3.32. The fourth-order valence-electron chi connectivity index (χ4n) is 3.29. The first-order valence-corrected chi connectivity index (χ1v) is 12.1. The molecule has 0 saturated carbocycles. The first-order chi connectivity index (χ1) is 13.7. The Morgan fingerprint density at radius 2 is 1.63 bits per heavy atom. The van der Waals surface area contributed by atoms with Gasteiger partial charge < -0.3 is 5.32 Å². The molecule has 0 aliphatic rings. The molecule has 164 valence electrons. The monoisotopic (exact) mass is 450 g/mol. The van der Waals surface area contributed by atoms with E-state index in [1.54, 1.807) is 32.0 Å². The van der Waals surface area contributed by atoms with Gasteiger partial charge in [-0.05, 0) is 55.0 Å². The largest absolute Gasteiger partial charge is 0.348 e. The van der Waals surface area contributed by atoms with Crippen LogP contribution in [0.2, 0.25) is 5.02 Å². The normalized spacial score (nSPS) is 14.1. The average Bonchev–Trinajstić information content (AvgIpc) is 2.62. The maximum absolute atomic E-state index is 13.0. The third kappa shape index (κ3) is 5.76. The number of carbonyl (C=O) groups excluding carboxylic acids is 1. The van der Waals surface area contributed by atoms with Crippen molar-refractivity contribution in [3.63, 3.8) is 0 Å². The summed E-state index contributed by atoms with van der Waals surface area (Å²) in [6.45, 7) is 11.7. The molecule has 2 aromatic rings. The predicted molar refractivity (Wildman–Crippen MR) is 125 cm³/mol. The zero-order valence-electron chi connectivity index (χ0n) is 18.7. The van der Waals surface area contributed by atoms with Crippen molar-refractivity contribution < 1.29 is 13.2 Å².